The van der Waals surface area contributed by atoms with Crippen LogP contribution in [-0.4, -0.2) is 29.7 Å². The number of hydrogen-bond acceptors (Lipinski definition) is 2. The van der Waals surface area contributed by atoms with E-state index in [4.69, 9.17) is 0 Å². The van der Waals surface area contributed by atoms with Gasteiger partial charge in [0.1, 0.15) is 0 Å². The predicted molar refractivity (Wildman–Crippen MR) is 66.0 cm³/mol. The maximum Gasteiger partial charge on any atom is 0.294 e. The third-order valence-electron chi connectivity index (χ3n) is 3.21. The topological polar surface area (TPSA) is 37.4 Å². The van der Waals surface area contributed by atoms with Gasteiger partial charge in [-0.05, 0) is 24.8 Å². The maximum atomic E-state index is 11.9. The third-order valence-corrected chi connectivity index (χ3v) is 3.21. The monoisotopic (exact) mass is 231 g/mol. The van der Waals surface area contributed by atoms with Crippen molar-refractivity contribution >= 4 is 11.7 Å². The Bertz CT molecular complexity index is 416. The molecule has 2 rings (SSSR count). The van der Waals surface area contributed by atoms with Crippen LogP contribution < -0.4 is 0 Å². The molecule has 0 bridgehead atoms. The Kier molecular flexibility index (Phi) is 3.57. The summed E-state index contributed by atoms with van der Waals surface area (Å²) >= 11 is 0. The second-order valence-corrected chi connectivity index (χ2v) is 4.38. The fraction of sp³-hybridized carbons (Fsp3) is 0.429. The molecule has 1 aromatic carbocycles. The molecule has 0 aliphatic carbocycles. The number of aryl methyl sites for hydroxylation is 1. The van der Waals surface area contributed by atoms with Crippen molar-refractivity contribution in [3.05, 3.63) is 35.4 Å². The van der Waals surface area contributed by atoms with Gasteiger partial charge in [-0.3, -0.25) is 9.59 Å². The molecule has 0 N–H and O–H groups in total. The zero-order valence-corrected chi connectivity index (χ0v) is 10.1. The van der Waals surface area contributed by atoms with E-state index in [0.717, 1.165) is 32.4 Å². The first-order valence-corrected chi connectivity index (χ1v) is 6.15. The molecule has 0 unspecified atom stereocenters. The molecule has 1 aromatic rings. The van der Waals surface area contributed by atoms with Crippen LogP contribution in [0.5, 0.6) is 0 Å². The number of nitrogens with zero attached hydrogens (tertiary/aromatic N) is 1. The van der Waals surface area contributed by atoms with Crippen molar-refractivity contribution in [1.29, 1.82) is 0 Å². The van der Waals surface area contributed by atoms with Crippen LogP contribution in [0.1, 0.15) is 35.7 Å². The zero-order valence-electron chi connectivity index (χ0n) is 10.1. The number of benzene rings is 1. The van der Waals surface area contributed by atoms with Gasteiger partial charge in [0.2, 0.25) is 5.78 Å². The largest absolute Gasteiger partial charge is 0.336 e. The van der Waals surface area contributed by atoms with Gasteiger partial charge in [0, 0.05) is 18.7 Å². The van der Waals surface area contributed by atoms with E-state index in [1.165, 1.54) is 5.56 Å². The summed E-state index contributed by atoms with van der Waals surface area (Å²) in [5, 5.41) is 0. The van der Waals surface area contributed by atoms with Crippen molar-refractivity contribution in [2.75, 3.05) is 13.1 Å². The lowest BCUT2D eigenvalue weighted by atomic mass is 10.1. The lowest BCUT2D eigenvalue weighted by molar-refractivity contribution is -0.125. The van der Waals surface area contributed by atoms with Crippen molar-refractivity contribution in [3.63, 3.8) is 0 Å². The predicted octanol–water partition coefficient (Wildman–Crippen LogP) is 2.05. The average molecular weight is 231 g/mol. The Morgan fingerprint density at radius 2 is 1.71 bits per heavy atom. The highest BCUT2D eigenvalue weighted by Crippen LogP contribution is 2.12. The number of amides is 1. The summed E-state index contributed by atoms with van der Waals surface area (Å²) in [6, 6.07) is 7.30. The molecular formula is C14H17NO2. The lowest BCUT2D eigenvalue weighted by Crippen LogP contribution is -2.34. The Morgan fingerprint density at radius 1 is 1.12 bits per heavy atom. The Morgan fingerprint density at radius 3 is 2.24 bits per heavy atom. The fourth-order valence-corrected chi connectivity index (χ4v) is 2.08. The summed E-state index contributed by atoms with van der Waals surface area (Å²) in [5.41, 5.74) is 1.68. The summed E-state index contributed by atoms with van der Waals surface area (Å²) in [7, 11) is 0. The van der Waals surface area contributed by atoms with Crippen molar-refractivity contribution in [2.24, 2.45) is 0 Å². The van der Waals surface area contributed by atoms with Crippen LogP contribution in [0.2, 0.25) is 0 Å². The van der Waals surface area contributed by atoms with Crippen LogP contribution in [0.15, 0.2) is 24.3 Å². The number of carbonyl (C=O) groups excluding carboxylic acids is 2. The highest BCUT2D eigenvalue weighted by molar-refractivity contribution is 6.42. The van der Waals surface area contributed by atoms with E-state index in [1.807, 2.05) is 12.1 Å². The summed E-state index contributed by atoms with van der Waals surface area (Å²) in [6.45, 7) is 3.50. The number of Topliss-reactive ketones (excluding diaryl/α,β-unsaturated/α-hetero) is 1. The molecule has 0 spiro atoms. The Hall–Kier alpha value is -1.64. The zero-order chi connectivity index (χ0) is 12.3. The molecule has 0 saturated carbocycles. The van der Waals surface area contributed by atoms with Crippen LogP contribution >= 0.6 is 0 Å². The lowest BCUT2D eigenvalue weighted by Gasteiger charge is -2.13. The quantitative estimate of drug-likeness (QED) is 0.590. The Balaban J connectivity index is 2.10. The van der Waals surface area contributed by atoms with E-state index < -0.39 is 0 Å². The highest BCUT2D eigenvalue weighted by atomic mass is 16.2. The molecule has 0 radical (unpaired) electrons. The molecular weight excluding hydrogens is 214 g/mol. The van der Waals surface area contributed by atoms with Crippen molar-refractivity contribution < 1.29 is 9.59 Å². The van der Waals surface area contributed by atoms with Crippen LogP contribution in [0.3, 0.4) is 0 Å². The first kappa shape index (κ1) is 11.8. The van der Waals surface area contributed by atoms with Gasteiger partial charge in [-0.25, -0.2) is 0 Å². The van der Waals surface area contributed by atoms with Crippen molar-refractivity contribution in [3.8, 4) is 0 Å². The molecule has 3 heteroatoms. The smallest absolute Gasteiger partial charge is 0.294 e. The maximum absolute atomic E-state index is 11.9. The van der Waals surface area contributed by atoms with Gasteiger partial charge in [-0.15, -0.1) is 0 Å². The van der Waals surface area contributed by atoms with Gasteiger partial charge in [-0.2, -0.15) is 0 Å². The van der Waals surface area contributed by atoms with E-state index in [1.54, 1.807) is 17.0 Å². The van der Waals surface area contributed by atoms with E-state index in [-0.39, 0.29) is 11.7 Å². The van der Waals surface area contributed by atoms with Crippen LogP contribution in [0.4, 0.5) is 0 Å². The molecule has 1 fully saturated rings. The number of ketones is 1. The molecule has 1 aliphatic rings. The molecule has 1 aliphatic heterocycles. The van der Waals surface area contributed by atoms with Gasteiger partial charge in [-0.1, -0.05) is 31.2 Å². The second-order valence-electron chi connectivity index (χ2n) is 4.38. The van der Waals surface area contributed by atoms with Crippen molar-refractivity contribution in [1.82, 2.24) is 4.90 Å². The number of rotatable bonds is 3. The van der Waals surface area contributed by atoms with Gasteiger partial charge in [0.15, 0.2) is 0 Å². The van der Waals surface area contributed by atoms with E-state index in [0.29, 0.717) is 5.56 Å². The minimum Gasteiger partial charge on any atom is -0.336 e. The molecule has 3 nitrogen and oxygen atoms in total. The van der Waals surface area contributed by atoms with E-state index in [2.05, 4.69) is 6.92 Å². The first-order valence-electron chi connectivity index (χ1n) is 6.15. The highest BCUT2D eigenvalue weighted by Gasteiger charge is 2.25. The van der Waals surface area contributed by atoms with E-state index >= 15 is 0 Å². The summed E-state index contributed by atoms with van der Waals surface area (Å²) < 4.78 is 0. The van der Waals surface area contributed by atoms with Crippen LogP contribution in [-0.2, 0) is 11.2 Å². The van der Waals surface area contributed by atoms with Crippen LogP contribution in [0, 0.1) is 0 Å². The first-order chi connectivity index (χ1) is 8.22. The summed E-state index contributed by atoms with van der Waals surface area (Å²) in [5.74, 6) is -0.735. The molecule has 1 heterocycles. The van der Waals surface area contributed by atoms with Gasteiger partial charge in [0.25, 0.3) is 5.91 Å². The molecule has 0 aromatic heterocycles. The van der Waals surface area contributed by atoms with Gasteiger partial charge >= 0.3 is 0 Å². The fourth-order valence-electron chi connectivity index (χ4n) is 2.08. The van der Waals surface area contributed by atoms with Gasteiger partial charge < -0.3 is 4.90 Å². The molecule has 1 amide bonds. The number of hydrogen-bond donors (Lipinski definition) is 0. The molecule has 1 saturated heterocycles. The van der Waals surface area contributed by atoms with Gasteiger partial charge in [0.05, 0.1) is 0 Å². The minimum atomic E-state index is -0.380. The molecule has 17 heavy (non-hydrogen) atoms. The molecule has 90 valence electrons. The second kappa shape index (κ2) is 5.13. The SMILES string of the molecule is CCc1ccc(C(=O)C(=O)N2CCCC2)cc1. The third kappa shape index (κ3) is 2.54. The Labute approximate surface area is 101 Å². The van der Waals surface area contributed by atoms with E-state index in [9.17, 15) is 9.59 Å². The number of likely N-dealkylation sites (tertiary alicyclic amines) is 1. The summed E-state index contributed by atoms with van der Waals surface area (Å²) in [4.78, 5) is 25.5. The normalized spacial score (nSPS) is 15.0. The number of carbonyl (C=O) groups is 2. The van der Waals surface area contributed by atoms with Crippen molar-refractivity contribution in [2.45, 2.75) is 26.2 Å². The minimum absolute atomic E-state index is 0.355. The van der Waals surface area contributed by atoms with Crippen LogP contribution in [0.25, 0.3) is 0 Å². The standard InChI is InChI=1S/C14H17NO2/c1-2-11-5-7-12(8-6-11)13(16)14(17)15-9-3-4-10-15/h5-8H,2-4,9-10H2,1H3. The summed E-state index contributed by atoms with van der Waals surface area (Å²) in [6.07, 6.45) is 2.95. The average Bonchev–Trinajstić information content (AvgIpc) is 2.91. The molecule has 0 atom stereocenters.